The summed E-state index contributed by atoms with van der Waals surface area (Å²) in [4.78, 5) is 22.5. The van der Waals surface area contributed by atoms with E-state index in [1.54, 1.807) is 13.0 Å². The first-order chi connectivity index (χ1) is 10.0. The van der Waals surface area contributed by atoms with Gasteiger partial charge in [-0.3, -0.25) is 10.2 Å². The van der Waals surface area contributed by atoms with Crippen LogP contribution in [0.4, 0.5) is 5.69 Å². The Bertz CT molecular complexity index is 619. The molecule has 1 rings (SSSR count). The Balaban J connectivity index is 3.05. The van der Waals surface area contributed by atoms with Crippen LogP contribution in [0.3, 0.4) is 0 Å². The zero-order valence-electron chi connectivity index (χ0n) is 11.5. The SMILES string of the molecule is CCOC(=O)/C(C#N)=N/Nc1cc(C(N)=O)ccc1OC. The third kappa shape index (κ3) is 4.21. The molecule has 0 radical (unpaired) electrons. The minimum absolute atomic E-state index is 0.125. The van der Waals surface area contributed by atoms with Crippen molar-refractivity contribution in [2.45, 2.75) is 6.92 Å². The summed E-state index contributed by atoms with van der Waals surface area (Å²) in [7, 11) is 1.42. The van der Waals surface area contributed by atoms with Crippen LogP contribution in [0, 0.1) is 11.3 Å². The van der Waals surface area contributed by atoms with Gasteiger partial charge in [0.25, 0.3) is 0 Å². The van der Waals surface area contributed by atoms with Gasteiger partial charge in [-0.1, -0.05) is 0 Å². The maximum absolute atomic E-state index is 11.4. The predicted octanol–water partition coefficient (Wildman–Crippen LogP) is 0.649. The van der Waals surface area contributed by atoms with Gasteiger partial charge in [-0.2, -0.15) is 10.4 Å². The molecule has 0 heterocycles. The summed E-state index contributed by atoms with van der Waals surface area (Å²) in [5.41, 5.74) is 7.71. The molecular formula is C13H14N4O4. The number of amides is 1. The average Bonchev–Trinajstić information content (AvgIpc) is 2.47. The van der Waals surface area contributed by atoms with Gasteiger partial charge in [0.05, 0.1) is 19.4 Å². The molecule has 110 valence electrons. The number of methoxy groups -OCH3 is 1. The number of ether oxygens (including phenoxy) is 2. The average molecular weight is 290 g/mol. The number of carbonyl (C=O) groups excluding carboxylic acids is 2. The number of carbonyl (C=O) groups is 2. The van der Waals surface area contributed by atoms with Gasteiger partial charge in [0.1, 0.15) is 11.8 Å². The number of hydrazone groups is 1. The summed E-state index contributed by atoms with van der Waals surface area (Å²) in [6.45, 7) is 1.74. The Labute approximate surface area is 121 Å². The van der Waals surface area contributed by atoms with Gasteiger partial charge >= 0.3 is 5.97 Å². The molecule has 1 amide bonds. The second-order valence-electron chi connectivity index (χ2n) is 3.68. The summed E-state index contributed by atoms with van der Waals surface area (Å²) in [5, 5.41) is 12.5. The van der Waals surface area contributed by atoms with E-state index in [0.717, 1.165) is 0 Å². The molecule has 8 heteroatoms. The monoisotopic (exact) mass is 290 g/mol. The number of esters is 1. The smallest absolute Gasteiger partial charge is 0.369 e. The number of nitriles is 1. The first kappa shape index (κ1) is 16.0. The molecule has 0 fully saturated rings. The Morgan fingerprint density at radius 2 is 2.19 bits per heavy atom. The van der Waals surface area contributed by atoms with Gasteiger partial charge in [-0.25, -0.2) is 4.79 Å². The summed E-state index contributed by atoms with van der Waals surface area (Å²) in [5.74, 6) is -1.11. The standard InChI is InChI=1S/C13H14N4O4/c1-3-21-13(19)10(7-14)17-16-9-6-8(12(15)18)4-5-11(9)20-2/h4-6,16H,3H2,1-2H3,(H2,15,18)/b17-10+. The number of primary amides is 1. The number of hydrogen-bond donors (Lipinski definition) is 2. The van der Waals surface area contributed by atoms with Crippen LogP contribution < -0.4 is 15.9 Å². The molecule has 0 aliphatic rings. The minimum atomic E-state index is -0.850. The van der Waals surface area contributed by atoms with Crippen LogP contribution in [0.2, 0.25) is 0 Å². The Kier molecular flexibility index (Phi) is 5.70. The molecule has 0 saturated heterocycles. The van der Waals surface area contributed by atoms with Crippen molar-refractivity contribution in [3.8, 4) is 11.8 Å². The third-order valence-corrected chi connectivity index (χ3v) is 2.35. The van der Waals surface area contributed by atoms with Crippen LogP contribution in [0.1, 0.15) is 17.3 Å². The molecule has 0 spiro atoms. The highest BCUT2D eigenvalue weighted by molar-refractivity contribution is 6.43. The van der Waals surface area contributed by atoms with Gasteiger partial charge in [0, 0.05) is 5.56 Å². The molecular weight excluding hydrogens is 276 g/mol. The number of nitrogens with one attached hydrogen (secondary N) is 1. The summed E-state index contributed by atoms with van der Waals surface area (Å²) >= 11 is 0. The number of nitrogens with zero attached hydrogens (tertiary/aromatic N) is 2. The number of nitrogens with two attached hydrogens (primary N) is 1. The maximum Gasteiger partial charge on any atom is 0.369 e. The second-order valence-corrected chi connectivity index (χ2v) is 3.68. The van der Waals surface area contributed by atoms with Crippen molar-refractivity contribution in [2.75, 3.05) is 19.1 Å². The second kappa shape index (κ2) is 7.49. The van der Waals surface area contributed by atoms with Crippen LogP contribution in [-0.2, 0) is 9.53 Å². The summed E-state index contributed by atoms with van der Waals surface area (Å²) in [6, 6.07) is 5.99. The molecule has 0 atom stereocenters. The fraction of sp³-hybridized carbons (Fsp3) is 0.231. The van der Waals surface area contributed by atoms with E-state index in [9.17, 15) is 9.59 Å². The van der Waals surface area contributed by atoms with Crippen LogP contribution >= 0.6 is 0 Å². The van der Waals surface area contributed by atoms with Crippen molar-refractivity contribution < 1.29 is 19.1 Å². The van der Waals surface area contributed by atoms with Crippen molar-refractivity contribution >= 4 is 23.3 Å². The Hall–Kier alpha value is -3.08. The molecule has 21 heavy (non-hydrogen) atoms. The molecule has 0 aromatic heterocycles. The number of rotatable bonds is 6. The van der Waals surface area contributed by atoms with Crippen molar-refractivity contribution in [3.63, 3.8) is 0 Å². The predicted molar refractivity (Wildman–Crippen MR) is 74.8 cm³/mol. The van der Waals surface area contributed by atoms with Gasteiger partial charge in [0.2, 0.25) is 11.6 Å². The van der Waals surface area contributed by atoms with Gasteiger partial charge in [0.15, 0.2) is 0 Å². The highest BCUT2D eigenvalue weighted by Crippen LogP contribution is 2.25. The van der Waals surface area contributed by atoms with E-state index in [0.29, 0.717) is 5.75 Å². The van der Waals surface area contributed by atoms with Crippen LogP contribution in [0.15, 0.2) is 23.3 Å². The highest BCUT2D eigenvalue weighted by atomic mass is 16.5. The lowest BCUT2D eigenvalue weighted by Crippen LogP contribution is -2.17. The van der Waals surface area contributed by atoms with E-state index in [2.05, 4.69) is 15.3 Å². The highest BCUT2D eigenvalue weighted by Gasteiger charge is 2.13. The fourth-order valence-electron chi connectivity index (χ4n) is 1.38. The quantitative estimate of drug-likeness (QED) is 0.450. The summed E-state index contributed by atoms with van der Waals surface area (Å²) in [6.07, 6.45) is 0. The lowest BCUT2D eigenvalue weighted by Gasteiger charge is -2.09. The minimum Gasteiger partial charge on any atom is -0.495 e. The molecule has 1 aromatic carbocycles. The lowest BCUT2D eigenvalue weighted by molar-refractivity contribution is -0.134. The van der Waals surface area contributed by atoms with Gasteiger partial charge in [-0.15, -0.1) is 0 Å². The van der Waals surface area contributed by atoms with E-state index in [1.807, 2.05) is 0 Å². The van der Waals surface area contributed by atoms with E-state index < -0.39 is 17.6 Å². The number of anilines is 1. The Morgan fingerprint density at radius 1 is 1.48 bits per heavy atom. The molecule has 0 saturated carbocycles. The largest absolute Gasteiger partial charge is 0.495 e. The van der Waals surface area contributed by atoms with Crippen molar-refractivity contribution in [1.82, 2.24) is 0 Å². The van der Waals surface area contributed by atoms with Crippen molar-refractivity contribution in [2.24, 2.45) is 10.8 Å². The molecule has 0 bridgehead atoms. The van der Waals surface area contributed by atoms with Crippen molar-refractivity contribution in [1.29, 1.82) is 5.26 Å². The lowest BCUT2D eigenvalue weighted by atomic mass is 10.2. The maximum atomic E-state index is 11.4. The van der Waals surface area contributed by atoms with E-state index in [4.69, 9.17) is 15.7 Å². The summed E-state index contributed by atoms with van der Waals surface area (Å²) < 4.78 is 9.74. The number of hydrogen-bond acceptors (Lipinski definition) is 7. The van der Waals surface area contributed by atoms with Crippen LogP contribution in [0.5, 0.6) is 5.75 Å². The fourth-order valence-corrected chi connectivity index (χ4v) is 1.38. The Morgan fingerprint density at radius 3 is 2.71 bits per heavy atom. The van der Waals surface area contributed by atoms with Gasteiger partial charge < -0.3 is 15.2 Å². The van der Waals surface area contributed by atoms with E-state index >= 15 is 0 Å². The van der Waals surface area contributed by atoms with Gasteiger partial charge in [-0.05, 0) is 25.1 Å². The van der Waals surface area contributed by atoms with Crippen LogP contribution in [0.25, 0.3) is 0 Å². The molecule has 0 unspecified atom stereocenters. The third-order valence-electron chi connectivity index (χ3n) is 2.35. The van der Waals surface area contributed by atoms with Crippen molar-refractivity contribution in [3.05, 3.63) is 23.8 Å². The van der Waals surface area contributed by atoms with E-state index in [-0.39, 0.29) is 17.9 Å². The molecule has 1 aromatic rings. The molecule has 8 nitrogen and oxygen atoms in total. The molecule has 3 N–H and O–H groups in total. The zero-order chi connectivity index (χ0) is 15.8. The number of benzene rings is 1. The first-order valence-electron chi connectivity index (χ1n) is 5.92. The topological polar surface area (TPSA) is 127 Å². The normalized spacial score (nSPS) is 10.4. The molecule has 0 aliphatic heterocycles. The first-order valence-corrected chi connectivity index (χ1v) is 5.92. The van der Waals surface area contributed by atoms with Crippen LogP contribution in [-0.4, -0.2) is 31.3 Å². The zero-order valence-corrected chi connectivity index (χ0v) is 11.5. The van der Waals surface area contributed by atoms with E-state index in [1.165, 1.54) is 25.3 Å². The molecule has 0 aliphatic carbocycles.